The highest BCUT2D eigenvalue weighted by Crippen LogP contribution is 2.53. The van der Waals surface area contributed by atoms with Gasteiger partial charge in [0, 0.05) is 0 Å². The lowest BCUT2D eigenvalue weighted by atomic mass is 10.1. The van der Waals surface area contributed by atoms with Gasteiger partial charge in [-0.25, -0.2) is 4.39 Å². The van der Waals surface area contributed by atoms with Crippen LogP contribution in [0.2, 0.25) is 0 Å². The molecule has 0 unspecified atom stereocenters. The molecule has 0 aromatic heterocycles. The fourth-order valence-electron chi connectivity index (χ4n) is 0.540. The first-order chi connectivity index (χ1) is 6.35. The van der Waals surface area contributed by atoms with E-state index in [1.54, 1.807) is 0 Å². The van der Waals surface area contributed by atoms with Crippen LogP contribution in [0.1, 0.15) is 0 Å². The van der Waals surface area contributed by atoms with E-state index in [1.807, 2.05) is 0 Å². The van der Waals surface area contributed by atoms with Gasteiger partial charge in [-0.05, 0) is 0 Å². The highest BCUT2D eigenvalue weighted by Gasteiger charge is 2.74. The number of halogens is 10. The first-order valence-electron chi connectivity index (χ1n) is 2.89. The highest BCUT2D eigenvalue weighted by molar-refractivity contribution is 6.27. The maximum atomic E-state index is 12.1. The number of allylic oxidation sites excluding steroid dienone is 1. The van der Waals surface area contributed by atoms with Crippen LogP contribution in [-0.4, -0.2) is 17.2 Å². The summed E-state index contributed by atoms with van der Waals surface area (Å²) in [5.74, 6) is -3.77. The summed E-state index contributed by atoms with van der Waals surface area (Å²) in [6.45, 7) is 0. The van der Waals surface area contributed by atoms with E-state index in [4.69, 9.17) is 0 Å². The minimum absolute atomic E-state index is 3.77. The van der Waals surface area contributed by atoms with Gasteiger partial charge in [0.05, 0.1) is 0 Å². The first-order valence-corrected chi connectivity index (χ1v) is 3.27. The lowest BCUT2D eigenvalue weighted by molar-refractivity contribution is -0.261. The quantitative estimate of drug-likeness (QED) is 0.494. The van der Waals surface area contributed by atoms with Crippen LogP contribution >= 0.6 is 11.6 Å². The van der Waals surface area contributed by atoms with Gasteiger partial charge in [-0.1, -0.05) is 11.6 Å². The number of rotatable bonds is 1. The fraction of sp³-hybridized carbons (Fsp3) is 0.600. The molecule has 0 N–H and O–H groups in total. The van der Waals surface area contributed by atoms with Crippen molar-refractivity contribution in [1.82, 2.24) is 0 Å². The van der Waals surface area contributed by atoms with Crippen molar-refractivity contribution in [1.29, 1.82) is 0 Å². The second-order valence-corrected chi connectivity index (χ2v) is 2.80. The molecule has 90 valence electrons. The van der Waals surface area contributed by atoms with E-state index < -0.39 is 29.1 Å². The molecule has 0 bridgehead atoms. The second kappa shape index (κ2) is 3.76. The first kappa shape index (κ1) is 14.4. The maximum absolute atomic E-state index is 12.1. The average molecular weight is 266 g/mol. The van der Waals surface area contributed by atoms with Gasteiger partial charge < -0.3 is 0 Å². The van der Waals surface area contributed by atoms with Gasteiger partial charge in [0.2, 0.25) is 5.83 Å². The van der Waals surface area contributed by atoms with Gasteiger partial charge in [-0.2, -0.15) is 35.1 Å². The predicted octanol–water partition coefficient (Wildman–Crippen LogP) is 4.17. The third-order valence-corrected chi connectivity index (χ3v) is 1.84. The lowest BCUT2D eigenvalue weighted by Crippen LogP contribution is -2.53. The molecule has 10 heteroatoms. The number of hydrogen-bond acceptors (Lipinski definition) is 0. The summed E-state index contributed by atoms with van der Waals surface area (Å²) in [5.41, 5.74) is 0. The van der Waals surface area contributed by atoms with Crippen LogP contribution in [-0.2, 0) is 0 Å². The van der Waals surface area contributed by atoms with Crippen molar-refractivity contribution >= 4 is 11.6 Å². The molecule has 0 atom stereocenters. The molecule has 0 aliphatic heterocycles. The molecular weight excluding hydrogens is 266 g/mol. The molecule has 0 fully saturated rings. The molecule has 0 spiro atoms. The third kappa shape index (κ3) is 2.32. The van der Waals surface area contributed by atoms with E-state index in [0.29, 0.717) is 0 Å². The van der Waals surface area contributed by atoms with Crippen LogP contribution in [0.4, 0.5) is 39.5 Å². The highest BCUT2D eigenvalue weighted by atomic mass is 35.5. The van der Waals surface area contributed by atoms with Gasteiger partial charge in [0.1, 0.15) is 0 Å². The third-order valence-electron chi connectivity index (χ3n) is 1.25. The molecule has 0 radical (unpaired) electrons. The van der Waals surface area contributed by atoms with Crippen molar-refractivity contribution < 1.29 is 39.5 Å². The Labute approximate surface area is 81.3 Å². The Morgan fingerprint density at radius 1 is 0.733 bits per heavy atom. The summed E-state index contributed by atoms with van der Waals surface area (Å²) in [5, 5.41) is 0. The standard InChI is InChI=1S/C5ClF9/c6-3(4(10,11)12,5(13,14)15)1(7)2(8)9. The second-order valence-electron chi connectivity index (χ2n) is 2.23. The molecule has 0 aromatic carbocycles. The van der Waals surface area contributed by atoms with Crippen LogP contribution in [0.5, 0.6) is 0 Å². The lowest BCUT2D eigenvalue weighted by Gasteiger charge is -2.29. The number of hydrogen-bond donors (Lipinski definition) is 0. The van der Waals surface area contributed by atoms with E-state index in [-0.39, 0.29) is 0 Å². The molecule has 0 aliphatic carbocycles. The molecule has 0 aliphatic rings. The van der Waals surface area contributed by atoms with E-state index in [2.05, 4.69) is 11.6 Å². The van der Waals surface area contributed by atoms with Gasteiger partial charge in [0.15, 0.2) is 0 Å². The predicted molar refractivity (Wildman–Crippen MR) is 31.0 cm³/mol. The summed E-state index contributed by atoms with van der Waals surface area (Å²) in [6, 6.07) is 0. The van der Waals surface area contributed by atoms with Crippen LogP contribution in [0.3, 0.4) is 0 Å². The monoisotopic (exact) mass is 266 g/mol. The molecule has 0 heterocycles. The van der Waals surface area contributed by atoms with E-state index >= 15 is 0 Å². The number of alkyl halides is 7. The Balaban J connectivity index is 5.77. The van der Waals surface area contributed by atoms with Gasteiger partial charge in [-0.15, -0.1) is 0 Å². The molecular formula is C5ClF9. The smallest absolute Gasteiger partial charge is 0.203 e. The minimum Gasteiger partial charge on any atom is -0.203 e. The normalized spacial score (nSPS) is 14.0. The fourth-order valence-corrected chi connectivity index (χ4v) is 0.611. The molecule has 0 saturated heterocycles. The van der Waals surface area contributed by atoms with Crippen molar-refractivity contribution in [2.45, 2.75) is 17.2 Å². The summed E-state index contributed by atoms with van der Waals surface area (Å²) in [6.07, 6.45) is -16.6. The maximum Gasteiger partial charge on any atom is 0.423 e. The zero-order chi connectivity index (χ0) is 12.7. The van der Waals surface area contributed by atoms with Gasteiger partial charge in [-0.3, -0.25) is 0 Å². The average Bonchev–Trinajstić information content (AvgIpc) is 1.96. The Morgan fingerprint density at radius 2 is 1.00 bits per heavy atom. The molecule has 0 rings (SSSR count). The molecule has 15 heavy (non-hydrogen) atoms. The van der Waals surface area contributed by atoms with Gasteiger partial charge >= 0.3 is 18.4 Å². The van der Waals surface area contributed by atoms with E-state index in [1.165, 1.54) is 0 Å². The zero-order valence-corrected chi connectivity index (χ0v) is 7.04. The van der Waals surface area contributed by atoms with Gasteiger partial charge in [0.25, 0.3) is 4.87 Å². The zero-order valence-electron chi connectivity index (χ0n) is 6.28. The molecule has 0 nitrogen and oxygen atoms in total. The van der Waals surface area contributed by atoms with Crippen molar-refractivity contribution in [2.75, 3.05) is 0 Å². The van der Waals surface area contributed by atoms with Crippen LogP contribution in [0, 0.1) is 0 Å². The van der Waals surface area contributed by atoms with Crippen molar-refractivity contribution in [3.8, 4) is 0 Å². The molecule has 0 amide bonds. The molecule has 0 aromatic rings. The summed E-state index contributed by atoms with van der Waals surface area (Å²) < 4.78 is 105. The van der Waals surface area contributed by atoms with Crippen molar-refractivity contribution in [2.24, 2.45) is 0 Å². The Bertz CT molecular complexity index is 253. The minimum atomic E-state index is -6.43. The van der Waals surface area contributed by atoms with E-state index in [0.717, 1.165) is 0 Å². The van der Waals surface area contributed by atoms with Crippen molar-refractivity contribution in [3.63, 3.8) is 0 Å². The molecule has 0 saturated carbocycles. The Morgan fingerprint density at radius 3 is 1.07 bits per heavy atom. The summed E-state index contributed by atoms with van der Waals surface area (Å²) in [7, 11) is 0. The van der Waals surface area contributed by atoms with Crippen LogP contribution in [0.25, 0.3) is 0 Å². The summed E-state index contributed by atoms with van der Waals surface area (Å²) >= 11 is 3.87. The topological polar surface area (TPSA) is 0 Å². The van der Waals surface area contributed by atoms with Crippen molar-refractivity contribution in [3.05, 3.63) is 11.9 Å². The largest absolute Gasteiger partial charge is 0.423 e. The van der Waals surface area contributed by atoms with E-state index in [9.17, 15) is 39.5 Å². The summed E-state index contributed by atoms with van der Waals surface area (Å²) in [4.78, 5) is -5.71. The Hall–Kier alpha value is -0.600. The SMILES string of the molecule is FC(F)=C(F)C(Cl)(C(F)(F)F)C(F)(F)F. The van der Waals surface area contributed by atoms with Crippen LogP contribution < -0.4 is 0 Å². The van der Waals surface area contributed by atoms with Crippen LogP contribution in [0.15, 0.2) is 11.9 Å². The Kier molecular flexibility index (Phi) is 3.61.